The van der Waals surface area contributed by atoms with Gasteiger partial charge in [-0.25, -0.2) is 9.59 Å². The van der Waals surface area contributed by atoms with Gasteiger partial charge in [-0.1, -0.05) is 26.7 Å². The van der Waals surface area contributed by atoms with Crippen LogP contribution in [-0.2, 0) is 0 Å². The van der Waals surface area contributed by atoms with Gasteiger partial charge in [0.2, 0.25) is 0 Å². The van der Waals surface area contributed by atoms with E-state index in [2.05, 4.69) is 90.5 Å². The molecular formula is C28H58N4O4. The summed E-state index contributed by atoms with van der Waals surface area (Å²) in [4.78, 5) is 20.0. The van der Waals surface area contributed by atoms with Gasteiger partial charge in [0.15, 0.2) is 0 Å². The Hall–Kier alpha value is -1.54. The number of hydrogen-bond donors (Lipinski definition) is 6. The van der Waals surface area contributed by atoms with Crippen molar-refractivity contribution < 1.29 is 19.8 Å². The third-order valence-electron chi connectivity index (χ3n) is 6.44. The molecule has 2 heterocycles. The fourth-order valence-electron chi connectivity index (χ4n) is 6.66. The average molecular weight is 515 g/mol. The molecule has 0 atom stereocenters. The largest absolute Gasteiger partial charge is 0.465 e. The number of carbonyl (C=O) groups is 2. The Bertz CT molecular complexity index is 574. The molecule has 8 nitrogen and oxygen atoms in total. The lowest BCUT2D eigenvalue weighted by molar-refractivity contribution is 0.137. The normalized spacial score (nSPS) is 22.2. The molecule has 0 bridgehead atoms. The predicted octanol–water partition coefficient (Wildman–Crippen LogP) is 6.21. The van der Waals surface area contributed by atoms with E-state index in [1.54, 1.807) is 0 Å². The molecule has 6 N–H and O–H groups in total. The summed E-state index contributed by atoms with van der Waals surface area (Å²) < 4.78 is 0. The Balaban J connectivity index is 0.000000515. The van der Waals surface area contributed by atoms with Crippen molar-refractivity contribution in [3.8, 4) is 0 Å². The van der Waals surface area contributed by atoms with E-state index >= 15 is 0 Å². The quantitative estimate of drug-likeness (QED) is 0.225. The van der Waals surface area contributed by atoms with Crippen LogP contribution in [0.25, 0.3) is 0 Å². The van der Waals surface area contributed by atoms with Crippen LogP contribution in [0.3, 0.4) is 0 Å². The minimum absolute atomic E-state index is 0.334. The lowest BCUT2D eigenvalue weighted by Gasteiger charge is -2.45. The van der Waals surface area contributed by atoms with Gasteiger partial charge in [0, 0.05) is 35.2 Å². The SMILES string of the molecule is CC1CC(C)(C)NC(C)(C)C1.CC1CC(C)(C)NC(C)(C)C1.O=C(O)NCCCCCCNC(=O)O. The van der Waals surface area contributed by atoms with Gasteiger partial charge in [0.25, 0.3) is 0 Å². The number of amides is 2. The van der Waals surface area contributed by atoms with Crippen LogP contribution in [0.15, 0.2) is 0 Å². The summed E-state index contributed by atoms with van der Waals surface area (Å²) in [6.45, 7) is 24.0. The maximum atomic E-state index is 10.0. The summed E-state index contributed by atoms with van der Waals surface area (Å²) in [7, 11) is 0. The lowest BCUT2D eigenvalue weighted by atomic mass is 9.77. The van der Waals surface area contributed by atoms with Gasteiger partial charge in [-0.3, -0.25) is 0 Å². The van der Waals surface area contributed by atoms with Crippen LogP contribution < -0.4 is 21.3 Å². The van der Waals surface area contributed by atoms with E-state index in [9.17, 15) is 9.59 Å². The molecule has 0 unspecified atom stereocenters. The summed E-state index contributed by atoms with van der Waals surface area (Å²) in [5.41, 5.74) is 1.34. The molecule has 2 saturated heterocycles. The monoisotopic (exact) mass is 514 g/mol. The third-order valence-corrected chi connectivity index (χ3v) is 6.44. The Morgan fingerprint density at radius 2 is 0.861 bits per heavy atom. The van der Waals surface area contributed by atoms with E-state index < -0.39 is 12.2 Å². The van der Waals surface area contributed by atoms with Crippen molar-refractivity contribution >= 4 is 12.2 Å². The van der Waals surface area contributed by atoms with Crippen LogP contribution >= 0.6 is 0 Å². The molecule has 2 rings (SSSR count). The van der Waals surface area contributed by atoms with E-state index in [1.165, 1.54) is 25.7 Å². The number of unbranched alkanes of at least 4 members (excludes halogenated alkanes) is 3. The predicted molar refractivity (Wildman–Crippen MR) is 150 cm³/mol. The fourth-order valence-corrected chi connectivity index (χ4v) is 6.66. The van der Waals surface area contributed by atoms with Crippen LogP contribution in [-0.4, -0.2) is 57.6 Å². The van der Waals surface area contributed by atoms with E-state index in [-0.39, 0.29) is 0 Å². The number of nitrogens with one attached hydrogen (secondary N) is 4. The maximum absolute atomic E-state index is 10.0. The van der Waals surface area contributed by atoms with Crippen molar-refractivity contribution in [3.05, 3.63) is 0 Å². The topological polar surface area (TPSA) is 123 Å². The first-order valence-corrected chi connectivity index (χ1v) is 13.8. The summed E-state index contributed by atoms with van der Waals surface area (Å²) in [6, 6.07) is 0. The Labute approximate surface area is 221 Å². The summed E-state index contributed by atoms with van der Waals surface area (Å²) in [5.74, 6) is 1.72. The minimum atomic E-state index is -1.00. The van der Waals surface area contributed by atoms with Crippen LogP contribution in [0, 0.1) is 11.8 Å². The van der Waals surface area contributed by atoms with Crippen molar-refractivity contribution in [3.63, 3.8) is 0 Å². The molecule has 0 saturated carbocycles. The Kier molecular flexibility index (Phi) is 14.4. The van der Waals surface area contributed by atoms with E-state index in [4.69, 9.17) is 10.2 Å². The van der Waals surface area contributed by atoms with Crippen LogP contribution in [0.2, 0.25) is 0 Å². The Morgan fingerprint density at radius 3 is 1.06 bits per heavy atom. The number of piperidine rings is 2. The summed E-state index contributed by atoms with van der Waals surface area (Å²) in [6.07, 6.45) is 6.59. The van der Waals surface area contributed by atoms with Crippen LogP contribution in [0.1, 0.15) is 121 Å². The molecule has 8 heteroatoms. The first-order valence-electron chi connectivity index (χ1n) is 13.8. The van der Waals surface area contributed by atoms with Gasteiger partial charge < -0.3 is 31.5 Å². The first kappa shape index (κ1) is 34.5. The van der Waals surface area contributed by atoms with Crippen molar-refractivity contribution in [2.24, 2.45) is 11.8 Å². The van der Waals surface area contributed by atoms with E-state index in [1.807, 2.05) is 0 Å². The Morgan fingerprint density at radius 1 is 0.611 bits per heavy atom. The maximum Gasteiger partial charge on any atom is 0.404 e. The van der Waals surface area contributed by atoms with Crippen molar-refractivity contribution in [2.75, 3.05) is 13.1 Å². The average Bonchev–Trinajstić information content (AvgIpc) is 2.58. The lowest BCUT2D eigenvalue weighted by Crippen LogP contribution is -2.57. The van der Waals surface area contributed by atoms with Crippen LogP contribution in [0.4, 0.5) is 9.59 Å². The molecule has 0 aromatic carbocycles. The molecule has 2 amide bonds. The molecule has 214 valence electrons. The molecule has 0 aromatic rings. The molecule has 0 radical (unpaired) electrons. The second-order valence-electron chi connectivity index (χ2n) is 13.7. The van der Waals surface area contributed by atoms with Crippen molar-refractivity contribution in [2.45, 2.75) is 143 Å². The molecule has 0 aliphatic carbocycles. The zero-order chi connectivity index (χ0) is 28.2. The van der Waals surface area contributed by atoms with Gasteiger partial charge in [-0.2, -0.15) is 0 Å². The van der Waals surface area contributed by atoms with Crippen molar-refractivity contribution in [1.82, 2.24) is 21.3 Å². The summed E-state index contributed by atoms with van der Waals surface area (Å²) in [5, 5.41) is 28.3. The molecule has 36 heavy (non-hydrogen) atoms. The number of carboxylic acid groups (broad SMARTS) is 2. The van der Waals surface area contributed by atoms with Gasteiger partial charge in [0.05, 0.1) is 0 Å². The van der Waals surface area contributed by atoms with Gasteiger partial charge in [0.1, 0.15) is 0 Å². The standard InChI is InChI=1S/2C10H21N.C8H16N2O4/c2*1-8-6-9(2,3)11-10(4,5)7-8;11-7(12)9-5-3-1-2-4-6-10-8(13)14/h2*8,11H,6-7H2,1-5H3;9-10H,1-6H2,(H,11,12)(H,13,14). The zero-order valence-corrected chi connectivity index (χ0v) is 24.9. The number of hydrogen-bond acceptors (Lipinski definition) is 4. The highest BCUT2D eigenvalue weighted by Gasteiger charge is 2.36. The van der Waals surface area contributed by atoms with Gasteiger partial charge in [-0.05, 0) is 106 Å². The fraction of sp³-hybridized carbons (Fsp3) is 0.929. The smallest absolute Gasteiger partial charge is 0.404 e. The molecule has 2 fully saturated rings. The third kappa shape index (κ3) is 18.7. The number of rotatable bonds is 7. The van der Waals surface area contributed by atoms with E-state index in [0.717, 1.165) is 37.5 Å². The zero-order valence-electron chi connectivity index (χ0n) is 24.9. The van der Waals surface area contributed by atoms with Gasteiger partial charge in [-0.15, -0.1) is 0 Å². The molecule has 0 aromatic heterocycles. The summed E-state index contributed by atoms with van der Waals surface area (Å²) >= 11 is 0. The second-order valence-corrected chi connectivity index (χ2v) is 13.7. The highest BCUT2D eigenvalue weighted by Crippen LogP contribution is 2.32. The van der Waals surface area contributed by atoms with Crippen LogP contribution in [0.5, 0.6) is 0 Å². The van der Waals surface area contributed by atoms with Crippen molar-refractivity contribution in [1.29, 1.82) is 0 Å². The highest BCUT2D eigenvalue weighted by molar-refractivity contribution is 5.64. The molecule has 2 aliphatic heterocycles. The van der Waals surface area contributed by atoms with E-state index in [0.29, 0.717) is 35.2 Å². The molecule has 0 spiro atoms. The van der Waals surface area contributed by atoms with Gasteiger partial charge >= 0.3 is 12.2 Å². The molecule has 2 aliphatic rings. The first-order chi connectivity index (χ1) is 16.2. The highest BCUT2D eigenvalue weighted by atomic mass is 16.4. The second kappa shape index (κ2) is 15.0. The minimum Gasteiger partial charge on any atom is -0.465 e. The molecular weight excluding hydrogens is 456 g/mol.